The van der Waals surface area contributed by atoms with Gasteiger partial charge in [0, 0.05) is 12.3 Å². The summed E-state index contributed by atoms with van der Waals surface area (Å²) in [4.78, 5) is 10.5. The van der Waals surface area contributed by atoms with Gasteiger partial charge >= 0.3 is 5.97 Å². The molecule has 0 unspecified atom stereocenters. The standard InChI is InChI=1S/C9H14O2/c1-8(2)6-4-5-7-9(10)11-3/h8H,4,6H2,1-3H3. The van der Waals surface area contributed by atoms with Gasteiger partial charge in [-0.15, -0.1) is 0 Å². The molecule has 0 spiro atoms. The SMILES string of the molecule is COC(=O)C#CCCC(C)C. The molecule has 0 saturated carbocycles. The summed E-state index contributed by atoms with van der Waals surface area (Å²) in [5.41, 5.74) is 0. The van der Waals surface area contributed by atoms with E-state index in [1.807, 2.05) is 0 Å². The molecule has 62 valence electrons. The van der Waals surface area contributed by atoms with E-state index in [9.17, 15) is 4.79 Å². The number of ether oxygens (including phenoxy) is 1. The maximum absolute atomic E-state index is 10.5. The molecule has 0 aromatic heterocycles. The molecule has 0 saturated heterocycles. The van der Waals surface area contributed by atoms with Gasteiger partial charge in [0.2, 0.25) is 0 Å². The topological polar surface area (TPSA) is 26.3 Å². The largest absolute Gasteiger partial charge is 0.459 e. The molecule has 0 fully saturated rings. The molecule has 0 amide bonds. The number of hydrogen-bond donors (Lipinski definition) is 0. The van der Waals surface area contributed by atoms with Crippen molar-refractivity contribution in [2.24, 2.45) is 5.92 Å². The number of carbonyl (C=O) groups is 1. The lowest BCUT2D eigenvalue weighted by Crippen LogP contribution is -1.94. The Balaban J connectivity index is 3.48. The Morgan fingerprint density at radius 3 is 2.64 bits per heavy atom. The predicted molar refractivity (Wildman–Crippen MR) is 43.9 cm³/mol. The molecule has 0 aromatic carbocycles. The van der Waals surface area contributed by atoms with Crippen LogP contribution in [0.25, 0.3) is 0 Å². The van der Waals surface area contributed by atoms with Gasteiger partial charge in [-0.25, -0.2) is 4.79 Å². The van der Waals surface area contributed by atoms with Crippen molar-refractivity contribution < 1.29 is 9.53 Å². The third-order valence-electron chi connectivity index (χ3n) is 1.22. The van der Waals surface area contributed by atoms with Crippen LogP contribution >= 0.6 is 0 Å². The molecule has 0 aliphatic carbocycles. The van der Waals surface area contributed by atoms with Crippen molar-refractivity contribution in [3.05, 3.63) is 0 Å². The summed E-state index contributed by atoms with van der Waals surface area (Å²) in [6, 6.07) is 0. The van der Waals surface area contributed by atoms with Gasteiger partial charge in [0.15, 0.2) is 0 Å². The summed E-state index contributed by atoms with van der Waals surface area (Å²) in [5, 5.41) is 0. The highest BCUT2D eigenvalue weighted by molar-refractivity contribution is 5.88. The molecule has 0 radical (unpaired) electrons. The molecule has 0 atom stereocenters. The number of methoxy groups -OCH3 is 1. The highest BCUT2D eigenvalue weighted by Gasteiger charge is 1.91. The summed E-state index contributed by atoms with van der Waals surface area (Å²) in [7, 11) is 1.33. The van der Waals surface area contributed by atoms with Gasteiger partial charge in [0.25, 0.3) is 0 Å². The zero-order valence-corrected chi connectivity index (χ0v) is 7.31. The Morgan fingerprint density at radius 1 is 1.55 bits per heavy atom. The van der Waals surface area contributed by atoms with Crippen LogP contribution in [0.1, 0.15) is 26.7 Å². The van der Waals surface area contributed by atoms with E-state index >= 15 is 0 Å². The zero-order valence-electron chi connectivity index (χ0n) is 7.31. The van der Waals surface area contributed by atoms with E-state index in [4.69, 9.17) is 0 Å². The Labute approximate surface area is 67.9 Å². The van der Waals surface area contributed by atoms with Gasteiger partial charge in [0.05, 0.1) is 7.11 Å². The number of carbonyl (C=O) groups excluding carboxylic acids is 1. The van der Waals surface area contributed by atoms with Gasteiger partial charge < -0.3 is 4.74 Å². The van der Waals surface area contributed by atoms with E-state index in [1.54, 1.807) is 0 Å². The second kappa shape index (κ2) is 5.79. The van der Waals surface area contributed by atoms with E-state index in [-0.39, 0.29) is 0 Å². The van der Waals surface area contributed by atoms with Crippen molar-refractivity contribution in [2.75, 3.05) is 7.11 Å². The van der Waals surface area contributed by atoms with Crippen LogP contribution in [-0.2, 0) is 9.53 Å². The minimum absolute atomic E-state index is 0.450. The van der Waals surface area contributed by atoms with E-state index in [1.165, 1.54) is 7.11 Å². The molecule has 11 heavy (non-hydrogen) atoms. The molecule has 2 heteroatoms. The average molecular weight is 154 g/mol. The molecule has 0 aliphatic rings. The van der Waals surface area contributed by atoms with E-state index in [2.05, 4.69) is 30.4 Å². The van der Waals surface area contributed by atoms with Gasteiger partial charge in [-0.1, -0.05) is 19.8 Å². The number of rotatable bonds is 2. The fourth-order valence-corrected chi connectivity index (χ4v) is 0.547. The van der Waals surface area contributed by atoms with Crippen molar-refractivity contribution in [3.63, 3.8) is 0 Å². The molecule has 0 rings (SSSR count). The van der Waals surface area contributed by atoms with Crippen LogP contribution in [0.15, 0.2) is 0 Å². The first kappa shape index (κ1) is 10.0. The van der Waals surface area contributed by atoms with Gasteiger partial charge in [0.1, 0.15) is 0 Å². The van der Waals surface area contributed by atoms with Crippen LogP contribution in [0.4, 0.5) is 0 Å². The monoisotopic (exact) mass is 154 g/mol. The Kier molecular flexibility index (Phi) is 5.28. The maximum Gasteiger partial charge on any atom is 0.384 e. The van der Waals surface area contributed by atoms with Crippen molar-refractivity contribution in [1.29, 1.82) is 0 Å². The Bertz CT molecular complexity index is 172. The fourth-order valence-electron chi connectivity index (χ4n) is 0.547. The van der Waals surface area contributed by atoms with Crippen LogP contribution in [0.2, 0.25) is 0 Å². The first-order chi connectivity index (χ1) is 5.16. The van der Waals surface area contributed by atoms with Crippen molar-refractivity contribution >= 4 is 5.97 Å². The molecule has 0 N–H and O–H groups in total. The van der Waals surface area contributed by atoms with Crippen LogP contribution in [0.3, 0.4) is 0 Å². The van der Waals surface area contributed by atoms with Gasteiger partial charge in [-0.3, -0.25) is 0 Å². The smallest absolute Gasteiger partial charge is 0.384 e. The third kappa shape index (κ3) is 6.92. The van der Waals surface area contributed by atoms with Crippen molar-refractivity contribution in [1.82, 2.24) is 0 Å². The maximum atomic E-state index is 10.5. The van der Waals surface area contributed by atoms with E-state index in [0.29, 0.717) is 5.92 Å². The van der Waals surface area contributed by atoms with Crippen molar-refractivity contribution in [2.45, 2.75) is 26.7 Å². The molecular formula is C9H14O2. The molecule has 0 aromatic rings. The van der Waals surface area contributed by atoms with Crippen molar-refractivity contribution in [3.8, 4) is 11.8 Å². The molecule has 2 nitrogen and oxygen atoms in total. The van der Waals surface area contributed by atoms with Gasteiger partial charge in [-0.2, -0.15) is 0 Å². The third-order valence-corrected chi connectivity index (χ3v) is 1.22. The summed E-state index contributed by atoms with van der Waals surface area (Å²) in [6.07, 6.45) is 1.80. The predicted octanol–water partition coefficient (Wildman–Crippen LogP) is 1.60. The Morgan fingerprint density at radius 2 is 2.18 bits per heavy atom. The number of hydrogen-bond acceptors (Lipinski definition) is 2. The molecule has 0 heterocycles. The zero-order chi connectivity index (χ0) is 8.69. The summed E-state index contributed by atoms with van der Waals surface area (Å²) in [5.74, 6) is 5.31. The Hall–Kier alpha value is -0.970. The lowest BCUT2D eigenvalue weighted by molar-refractivity contribution is -0.133. The average Bonchev–Trinajstić information content (AvgIpc) is 1.97. The second-order valence-electron chi connectivity index (χ2n) is 2.73. The van der Waals surface area contributed by atoms with Gasteiger partial charge in [-0.05, 0) is 12.3 Å². The van der Waals surface area contributed by atoms with E-state index in [0.717, 1.165) is 12.8 Å². The lowest BCUT2D eigenvalue weighted by Gasteiger charge is -1.96. The molecular weight excluding hydrogens is 140 g/mol. The summed E-state index contributed by atoms with van der Waals surface area (Å²) in [6.45, 7) is 4.25. The quantitative estimate of drug-likeness (QED) is 0.343. The number of esters is 1. The second-order valence-corrected chi connectivity index (χ2v) is 2.73. The highest BCUT2D eigenvalue weighted by atomic mass is 16.5. The fraction of sp³-hybridized carbons (Fsp3) is 0.667. The lowest BCUT2D eigenvalue weighted by atomic mass is 10.1. The first-order valence-corrected chi connectivity index (χ1v) is 3.73. The normalized spacial score (nSPS) is 8.73. The van der Waals surface area contributed by atoms with Crippen LogP contribution in [0.5, 0.6) is 0 Å². The van der Waals surface area contributed by atoms with Crippen LogP contribution in [0, 0.1) is 17.8 Å². The molecule has 0 aliphatic heterocycles. The highest BCUT2D eigenvalue weighted by Crippen LogP contribution is 2.01. The van der Waals surface area contributed by atoms with Crippen LogP contribution in [-0.4, -0.2) is 13.1 Å². The minimum Gasteiger partial charge on any atom is -0.459 e. The molecule has 0 bridgehead atoms. The first-order valence-electron chi connectivity index (χ1n) is 3.73. The summed E-state index contributed by atoms with van der Waals surface area (Å²) < 4.78 is 4.34. The van der Waals surface area contributed by atoms with Crippen LogP contribution < -0.4 is 0 Å². The van der Waals surface area contributed by atoms with E-state index < -0.39 is 5.97 Å². The summed E-state index contributed by atoms with van der Waals surface area (Å²) >= 11 is 0. The minimum atomic E-state index is -0.450.